The predicted molar refractivity (Wildman–Crippen MR) is 62.4 cm³/mol. The minimum atomic E-state index is -0.892. The highest BCUT2D eigenvalue weighted by atomic mass is 16.4. The van der Waals surface area contributed by atoms with Crippen molar-refractivity contribution in [2.45, 2.75) is 52.7 Å². The molecular formula is C12H23NO3. The zero-order valence-corrected chi connectivity index (χ0v) is 10.8. The summed E-state index contributed by atoms with van der Waals surface area (Å²) in [4.78, 5) is 12.8. The van der Waals surface area contributed by atoms with E-state index < -0.39 is 17.7 Å². The third-order valence-electron chi connectivity index (χ3n) is 4.18. The Morgan fingerprint density at radius 2 is 1.94 bits per heavy atom. The third kappa shape index (κ3) is 2.03. The van der Waals surface area contributed by atoms with Gasteiger partial charge in [0.2, 0.25) is 0 Å². The molecular weight excluding hydrogens is 206 g/mol. The lowest BCUT2D eigenvalue weighted by atomic mass is 9.67. The Hall–Kier alpha value is -0.770. The summed E-state index contributed by atoms with van der Waals surface area (Å²) in [6.45, 7) is 10.3. The fourth-order valence-corrected chi connectivity index (χ4v) is 2.33. The van der Waals surface area contributed by atoms with Gasteiger partial charge in [-0.2, -0.15) is 0 Å². The summed E-state index contributed by atoms with van der Waals surface area (Å²) in [5, 5.41) is 19.2. The number of nitrogens with zero attached hydrogens (tertiary/aromatic N) is 1. The van der Waals surface area contributed by atoms with Crippen molar-refractivity contribution in [3.8, 4) is 0 Å². The van der Waals surface area contributed by atoms with Gasteiger partial charge in [-0.15, -0.1) is 0 Å². The van der Waals surface area contributed by atoms with Crippen LogP contribution in [0.2, 0.25) is 0 Å². The summed E-state index contributed by atoms with van der Waals surface area (Å²) >= 11 is 0. The van der Waals surface area contributed by atoms with E-state index in [2.05, 4.69) is 0 Å². The lowest BCUT2D eigenvalue weighted by Gasteiger charge is -2.54. The number of piperidine rings is 1. The van der Waals surface area contributed by atoms with Crippen molar-refractivity contribution in [3.05, 3.63) is 0 Å². The first-order chi connectivity index (χ1) is 7.09. The summed E-state index contributed by atoms with van der Waals surface area (Å²) < 4.78 is 0. The molecule has 2 N–H and O–H groups in total. The van der Waals surface area contributed by atoms with E-state index in [-0.39, 0.29) is 11.3 Å². The molecule has 0 radical (unpaired) electrons. The summed E-state index contributed by atoms with van der Waals surface area (Å²) in [6, 6.07) is 0. The molecule has 1 rings (SSSR count). The van der Waals surface area contributed by atoms with Crippen LogP contribution < -0.4 is 0 Å². The monoisotopic (exact) mass is 229 g/mol. The van der Waals surface area contributed by atoms with Gasteiger partial charge in [0.25, 0.3) is 0 Å². The van der Waals surface area contributed by atoms with Gasteiger partial charge in [-0.1, -0.05) is 27.7 Å². The molecule has 1 fully saturated rings. The van der Waals surface area contributed by atoms with Crippen LogP contribution in [0.15, 0.2) is 0 Å². The lowest BCUT2D eigenvalue weighted by molar-refractivity contribution is -0.0795. The number of aliphatic hydroxyl groups is 1. The van der Waals surface area contributed by atoms with E-state index in [1.807, 2.05) is 34.6 Å². The van der Waals surface area contributed by atoms with Crippen molar-refractivity contribution in [1.29, 1.82) is 0 Å². The van der Waals surface area contributed by atoms with Gasteiger partial charge < -0.3 is 15.1 Å². The smallest absolute Gasteiger partial charge is 0.407 e. The molecule has 0 unspecified atom stereocenters. The standard InChI is InChI=1S/C12H23NO3/c1-8-7-13(10(15)16)12(5,6-9(8)14)11(2,3)4/h8-9,14H,6-7H2,1-5H3,(H,15,16)/t8-,9-,12+/m0/s1. The van der Waals surface area contributed by atoms with Crippen LogP contribution in [-0.2, 0) is 0 Å². The molecule has 0 saturated carbocycles. The second kappa shape index (κ2) is 3.91. The Labute approximate surface area is 97.3 Å². The summed E-state index contributed by atoms with van der Waals surface area (Å²) in [5.41, 5.74) is -0.697. The molecule has 0 aromatic rings. The zero-order valence-electron chi connectivity index (χ0n) is 10.8. The lowest BCUT2D eigenvalue weighted by Crippen LogP contribution is -2.63. The molecule has 0 aromatic carbocycles. The van der Waals surface area contributed by atoms with E-state index in [0.29, 0.717) is 13.0 Å². The molecule has 4 nitrogen and oxygen atoms in total. The van der Waals surface area contributed by atoms with Gasteiger partial charge in [0.1, 0.15) is 0 Å². The second-order valence-electron chi connectivity index (χ2n) is 6.17. The maximum absolute atomic E-state index is 11.3. The topological polar surface area (TPSA) is 60.8 Å². The van der Waals surface area contributed by atoms with E-state index in [0.717, 1.165) is 0 Å². The number of hydrogen-bond acceptors (Lipinski definition) is 2. The molecule has 0 aliphatic carbocycles. The van der Waals surface area contributed by atoms with E-state index in [1.54, 1.807) is 0 Å². The number of amides is 1. The molecule has 0 bridgehead atoms. The van der Waals surface area contributed by atoms with Crippen LogP contribution in [0.4, 0.5) is 4.79 Å². The Bertz CT molecular complexity index is 284. The van der Waals surface area contributed by atoms with Crippen LogP contribution >= 0.6 is 0 Å². The Morgan fingerprint density at radius 3 is 2.31 bits per heavy atom. The number of carbonyl (C=O) groups is 1. The van der Waals surface area contributed by atoms with Crippen LogP contribution in [0.25, 0.3) is 0 Å². The third-order valence-corrected chi connectivity index (χ3v) is 4.18. The minimum absolute atomic E-state index is 0.00604. The van der Waals surface area contributed by atoms with Crippen molar-refractivity contribution >= 4 is 6.09 Å². The van der Waals surface area contributed by atoms with Crippen LogP contribution in [0.1, 0.15) is 41.0 Å². The van der Waals surface area contributed by atoms with E-state index in [9.17, 15) is 15.0 Å². The average Bonchev–Trinajstić information content (AvgIpc) is 2.09. The number of hydrogen-bond donors (Lipinski definition) is 2. The van der Waals surface area contributed by atoms with Crippen LogP contribution in [0.5, 0.6) is 0 Å². The van der Waals surface area contributed by atoms with Gasteiger partial charge in [0.15, 0.2) is 0 Å². The van der Waals surface area contributed by atoms with E-state index >= 15 is 0 Å². The molecule has 1 heterocycles. The zero-order chi connectivity index (χ0) is 12.7. The molecule has 4 heteroatoms. The highest BCUT2D eigenvalue weighted by Crippen LogP contribution is 2.43. The van der Waals surface area contributed by atoms with Gasteiger partial charge >= 0.3 is 6.09 Å². The highest BCUT2D eigenvalue weighted by Gasteiger charge is 2.50. The molecule has 94 valence electrons. The van der Waals surface area contributed by atoms with Crippen LogP contribution in [0, 0.1) is 11.3 Å². The van der Waals surface area contributed by atoms with Gasteiger partial charge in [0.05, 0.1) is 11.6 Å². The molecule has 1 amide bonds. The molecule has 16 heavy (non-hydrogen) atoms. The van der Waals surface area contributed by atoms with Gasteiger partial charge in [-0.3, -0.25) is 0 Å². The van der Waals surface area contributed by atoms with Crippen molar-refractivity contribution < 1.29 is 15.0 Å². The average molecular weight is 229 g/mol. The van der Waals surface area contributed by atoms with Gasteiger partial charge in [-0.25, -0.2) is 4.79 Å². The summed E-state index contributed by atoms with van der Waals surface area (Å²) in [5.74, 6) is 0.00604. The molecule has 1 saturated heterocycles. The first-order valence-electron chi connectivity index (χ1n) is 5.78. The predicted octanol–water partition coefficient (Wildman–Crippen LogP) is 2.17. The van der Waals surface area contributed by atoms with Crippen molar-refractivity contribution in [2.24, 2.45) is 11.3 Å². The molecule has 3 atom stereocenters. The number of likely N-dealkylation sites (tertiary alicyclic amines) is 1. The highest BCUT2D eigenvalue weighted by molar-refractivity contribution is 5.66. The quantitative estimate of drug-likeness (QED) is 0.669. The fourth-order valence-electron chi connectivity index (χ4n) is 2.33. The fraction of sp³-hybridized carbons (Fsp3) is 0.917. The Kier molecular flexibility index (Phi) is 3.25. The molecule has 1 aliphatic rings. The van der Waals surface area contributed by atoms with Crippen molar-refractivity contribution in [2.75, 3.05) is 6.54 Å². The van der Waals surface area contributed by atoms with E-state index in [4.69, 9.17) is 0 Å². The normalized spacial score (nSPS) is 36.2. The number of carboxylic acid groups (broad SMARTS) is 1. The van der Waals surface area contributed by atoms with Crippen molar-refractivity contribution in [1.82, 2.24) is 4.90 Å². The number of aliphatic hydroxyl groups excluding tert-OH is 1. The number of rotatable bonds is 0. The maximum Gasteiger partial charge on any atom is 0.407 e. The van der Waals surface area contributed by atoms with Crippen molar-refractivity contribution in [3.63, 3.8) is 0 Å². The maximum atomic E-state index is 11.3. The van der Waals surface area contributed by atoms with Gasteiger partial charge in [-0.05, 0) is 24.7 Å². The molecule has 0 spiro atoms. The molecule has 1 aliphatic heterocycles. The Morgan fingerprint density at radius 1 is 1.44 bits per heavy atom. The second-order valence-corrected chi connectivity index (χ2v) is 6.17. The van der Waals surface area contributed by atoms with Crippen LogP contribution in [0.3, 0.4) is 0 Å². The Balaban J connectivity index is 3.08. The van der Waals surface area contributed by atoms with E-state index in [1.165, 1.54) is 4.90 Å². The minimum Gasteiger partial charge on any atom is -0.465 e. The first kappa shape index (κ1) is 13.3. The summed E-state index contributed by atoms with van der Waals surface area (Å²) in [7, 11) is 0. The van der Waals surface area contributed by atoms with Gasteiger partial charge in [0, 0.05) is 6.54 Å². The van der Waals surface area contributed by atoms with Crippen LogP contribution in [-0.4, -0.2) is 39.4 Å². The molecule has 0 aromatic heterocycles. The summed E-state index contributed by atoms with van der Waals surface area (Å²) in [6.07, 6.45) is -0.805. The first-order valence-corrected chi connectivity index (χ1v) is 5.78. The SMILES string of the molecule is C[C@H]1CN(C(=O)O)[C@@](C)(C(C)(C)C)C[C@@H]1O. The largest absolute Gasteiger partial charge is 0.465 e.